The molecule has 2 N–H and O–H groups in total. The molecule has 0 radical (unpaired) electrons. The van der Waals surface area contributed by atoms with Crippen LogP contribution in [0.5, 0.6) is 11.5 Å². The van der Waals surface area contributed by atoms with Crippen molar-refractivity contribution in [3.63, 3.8) is 0 Å². The Bertz CT molecular complexity index is 473. The second-order valence-corrected chi connectivity index (χ2v) is 5.31. The highest BCUT2D eigenvalue weighted by Crippen LogP contribution is 2.27. The van der Waals surface area contributed by atoms with Crippen molar-refractivity contribution in [2.24, 2.45) is 0 Å². The number of ether oxygens (including phenoxy) is 2. The Morgan fingerprint density at radius 3 is 2.67 bits per heavy atom. The van der Waals surface area contributed by atoms with Crippen LogP contribution in [0.25, 0.3) is 0 Å². The number of rotatable bonds is 9. The van der Waals surface area contributed by atoms with Gasteiger partial charge in [-0.05, 0) is 43.5 Å². The van der Waals surface area contributed by atoms with Gasteiger partial charge in [0.1, 0.15) is 0 Å². The molecule has 0 aliphatic heterocycles. The predicted molar refractivity (Wildman–Crippen MR) is 81.7 cm³/mol. The van der Waals surface area contributed by atoms with E-state index in [1.165, 1.54) is 0 Å². The van der Waals surface area contributed by atoms with E-state index in [-0.39, 0.29) is 5.91 Å². The lowest BCUT2D eigenvalue weighted by atomic mass is 10.2. The van der Waals surface area contributed by atoms with Crippen molar-refractivity contribution in [1.29, 1.82) is 0 Å². The Labute approximate surface area is 126 Å². The van der Waals surface area contributed by atoms with E-state index in [2.05, 4.69) is 10.6 Å². The first-order valence-electron chi connectivity index (χ1n) is 7.44. The first-order valence-corrected chi connectivity index (χ1v) is 7.44. The van der Waals surface area contributed by atoms with E-state index in [0.717, 1.165) is 49.4 Å². The van der Waals surface area contributed by atoms with Gasteiger partial charge in [0.15, 0.2) is 11.5 Å². The van der Waals surface area contributed by atoms with Crippen LogP contribution in [0.15, 0.2) is 18.2 Å². The van der Waals surface area contributed by atoms with Gasteiger partial charge in [-0.1, -0.05) is 6.07 Å². The smallest absolute Gasteiger partial charge is 0.220 e. The SMILES string of the molecule is COc1ccc(CNCCCC(=O)NC2CC2)cc1OC. The molecule has 5 heteroatoms. The van der Waals surface area contributed by atoms with E-state index in [1.54, 1.807) is 14.2 Å². The van der Waals surface area contributed by atoms with Gasteiger partial charge in [-0.25, -0.2) is 0 Å². The highest BCUT2D eigenvalue weighted by Gasteiger charge is 2.22. The molecule has 21 heavy (non-hydrogen) atoms. The van der Waals surface area contributed by atoms with Crippen molar-refractivity contribution in [3.8, 4) is 11.5 Å². The van der Waals surface area contributed by atoms with E-state index in [0.29, 0.717) is 12.5 Å². The quantitative estimate of drug-likeness (QED) is 0.682. The van der Waals surface area contributed by atoms with Crippen LogP contribution < -0.4 is 20.1 Å². The number of nitrogens with one attached hydrogen (secondary N) is 2. The Balaban J connectivity index is 1.64. The fourth-order valence-electron chi connectivity index (χ4n) is 2.12. The highest BCUT2D eigenvalue weighted by molar-refractivity contribution is 5.76. The molecular weight excluding hydrogens is 268 g/mol. The highest BCUT2D eigenvalue weighted by atomic mass is 16.5. The molecule has 1 amide bonds. The molecule has 0 heterocycles. The lowest BCUT2D eigenvalue weighted by Crippen LogP contribution is -2.26. The summed E-state index contributed by atoms with van der Waals surface area (Å²) in [4.78, 5) is 11.5. The van der Waals surface area contributed by atoms with Crippen LogP contribution in [0.4, 0.5) is 0 Å². The lowest BCUT2D eigenvalue weighted by Gasteiger charge is -2.10. The van der Waals surface area contributed by atoms with Gasteiger partial charge in [-0.2, -0.15) is 0 Å². The molecule has 0 bridgehead atoms. The van der Waals surface area contributed by atoms with Crippen LogP contribution in [0.1, 0.15) is 31.2 Å². The van der Waals surface area contributed by atoms with E-state index in [1.807, 2.05) is 18.2 Å². The van der Waals surface area contributed by atoms with Crippen molar-refractivity contribution in [1.82, 2.24) is 10.6 Å². The van der Waals surface area contributed by atoms with E-state index >= 15 is 0 Å². The molecule has 116 valence electrons. The standard InChI is InChI=1S/C16H24N2O3/c1-20-14-8-5-12(10-15(14)21-2)11-17-9-3-4-16(19)18-13-6-7-13/h5,8,10,13,17H,3-4,6-7,9,11H2,1-2H3,(H,18,19). The molecule has 1 aliphatic carbocycles. The number of carbonyl (C=O) groups is 1. The normalized spacial score (nSPS) is 13.8. The third kappa shape index (κ3) is 5.27. The number of amides is 1. The minimum Gasteiger partial charge on any atom is -0.493 e. The van der Waals surface area contributed by atoms with Gasteiger partial charge in [0.05, 0.1) is 14.2 Å². The zero-order chi connectivity index (χ0) is 15.1. The average Bonchev–Trinajstić information content (AvgIpc) is 3.30. The van der Waals surface area contributed by atoms with Crippen molar-refractivity contribution in [2.45, 2.75) is 38.3 Å². The molecule has 5 nitrogen and oxygen atoms in total. The van der Waals surface area contributed by atoms with Gasteiger partial charge < -0.3 is 20.1 Å². The summed E-state index contributed by atoms with van der Waals surface area (Å²) < 4.78 is 10.5. The van der Waals surface area contributed by atoms with E-state index in [9.17, 15) is 4.79 Å². The Hall–Kier alpha value is -1.75. The average molecular weight is 292 g/mol. The maximum Gasteiger partial charge on any atom is 0.220 e. The van der Waals surface area contributed by atoms with Gasteiger partial charge in [-0.15, -0.1) is 0 Å². The minimum atomic E-state index is 0.172. The van der Waals surface area contributed by atoms with Crippen LogP contribution in [0.2, 0.25) is 0 Å². The molecular formula is C16H24N2O3. The summed E-state index contributed by atoms with van der Waals surface area (Å²) in [6, 6.07) is 6.33. The van der Waals surface area contributed by atoms with Crippen molar-refractivity contribution >= 4 is 5.91 Å². The fraction of sp³-hybridized carbons (Fsp3) is 0.562. The number of benzene rings is 1. The maximum atomic E-state index is 11.5. The summed E-state index contributed by atoms with van der Waals surface area (Å²) in [5, 5.41) is 6.33. The number of methoxy groups -OCH3 is 2. The van der Waals surface area contributed by atoms with Crippen LogP contribution in [0, 0.1) is 0 Å². The molecule has 0 atom stereocenters. The summed E-state index contributed by atoms with van der Waals surface area (Å²) in [6.07, 6.45) is 3.73. The lowest BCUT2D eigenvalue weighted by molar-refractivity contribution is -0.121. The van der Waals surface area contributed by atoms with Crippen LogP contribution in [0.3, 0.4) is 0 Å². The van der Waals surface area contributed by atoms with Gasteiger partial charge in [-0.3, -0.25) is 4.79 Å². The molecule has 1 saturated carbocycles. The third-order valence-corrected chi connectivity index (χ3v) is 3.48. The first kappa shape index (κ1) is 15.6. The van der Waals surface area contributed by atoms with Gasteiger partial charge in [0.2, 0.25) is 5.91 Å². The van der Waals surface area contributed by atoms with Crippen molar-refractivity contribution in [2.75, 3.05) is 20.8 Å². The molecule has 0 unspecified atom stereocenters. The van der Waals surface area contributed by atoms with Crippen LogP contribution in [-0.2, 0) is 11.3 Å². The molecule has 1 aromatic rings. The number of hydrogen-bond donors (Lipinski definition) is 2. The van der Waals surface area contributed by atoms with Crippen molar-refractivity contribution in [3.05, 3.63) is 23.8 Å². The van der Waals surface area contributed by atoms with Crippen molar-refractivity contribution < 1.29 is 14.3 Å². The second-order valence-electron chi connectivity index (χ2n) is 5.31. The summed E-state index contributed by atoms with van der Waals surface area (Å²) in [6.45, 7) is 1.58. The van der Waals surface area contributed by atoms with Crippen LogP contribution in [-0.4, -0.2) is 32.7 Å². The molecule has 0 aromatic heterocycles. The van der Waals surface area contributed by atoms with E-state index < -0.39 is 0 Å². The van der Waals surface area contributed by atoms with Gasteiger partial charge >= 0.3 is 0 Å². The zero-order valence-corrected chi connectivity index (χ0v) is 12.8. The maximum absolute atomic E-state index is 11.5. The minimum absolute atomic E-state index is 0.172. The fourth-order valence-corrected chi connectivity index (χ4v) is 2.12. The Morgan fingerprint density at radius 2 is 2.00 bits per heavy atom. The molecule has 1 fully saturated rings. The summed E-state index contributed by atoms with van der Waals surface area (Å²) in [5.74, 6) is 1.64. The molecule has 1 aliphatic rings. The monoisotopic (exact) mass is 292 g/mol. The largest absolute Gasteiger partial charge is 0.493 e. The molecule has 0 saturated heterocycles. The van der Waals surface area contributed by atoms with Gasteiger partial charge in [0.25, 0.3) is 0 Å². The predicted octanol–water partition coefficient (Wildman–Crippen LogP) is 1.85. The Morgan fingerprint density at radius 1 is 1.24 bits per heavy atom. The molecule has 2 rings (SSSR count). The van der Waals surface area contributed by atoms with Crippen LogP contribution >= 0.6 is 0 Å². The number of hydrogen-bond acceptors (Lipinski definition) is 4. The summed E-state index contributed by atoms with van der Waals surface area (Å²) >= 11 is 0. The van der Waals surface area contributed by atoms with E-state index in [4.69, 9.17) is 9.47 Å². The topological polar surface area (TPSA) is 59.6 Å². The molecule has 1 aromatic carbocycles. The number of carbonyl (C=O) groups excluding carboxylic acids is 1. The zero-order valence-electron chi connectivity index (χ0n) is 12.8. The first-order chi connectivity index (χ1) is 10.2. The Kier molecular flexibility index (Phi) is 5.87. The molecule has 0 spiro atoms. The third-order valence-electron chi connectivity index (χ3n) is 3.48. The second kappa shape index (κ2) is 7.88. The summed E-state index contributed by atoms with van der Waals surface area (Å²) in [7, 11) is 3.26. The van der Waals surface area contributed by atoms with Gasteiger partial charge in [0, 0.05) is 19.0 Å². The summed E-state index contributed by atoms with van der Waals surface area (Å²) in [5.41, 5.74) is 1.13.